The van der Waals surface area contributed by atoms with Crippen LogP contribution in [0.2, 0.25) is 0 Å². The largest absolute Gasteiger partial charge is 0.463 e. The summed E-state index contributed by atoms with van der Waals surface area (Å²) in [5, 5.41) is 9.05. The van der Waals surface area contributed by atoms with E-state index in [1.54, 1.807) is 12.1 Å². The molecule has 1 aromatic heterocycles. The molecule has 0 bridgehead atoms. The van der Waals surface area contributed by atoms with Crippen molar-refractivity contribution in [3.8, 4) is 6.01 Å². The van der Waals surface area contributed by atoms with E-state index in [4.69, 9.17) is 4.74 Å². The molecule has 7 nitrogen and oxygen atoms in total. The Kier molecular flexibility index (Phi) is 4.19. The lowest BCUT2D eigenvalue weighted by Crippen LogP contribution is -2.15. The fourth-order valence-electron chi connectivity index (χ4n) is 1.60. The van der Waals surface area contributed by atoms with Crippen LogP contribution in [0.3, 0.4) is 0 Å². The summed E-state index contributed by atoms with van der Waals surface area (Å²) in [6.45, 7) is 2.30. The Labute approximate surface area is 117 Å². The summed E-state index contributed by atoms with van der Waals surface area (Å²) in [6, 6.07) is 7.51. The number of rotatable bonds is 5. The van der Waals surface area contributed by atoms with Gasteiger partial charge in [-0.25, -0.2) is 5.10 Å². The topological polar surface area (TPSA) is 83.1 Å². The minimum absolute atomic E-state index is 0.213. The molecule has 0 fully saturated rings. The zero-order valence-corrected chi connectivity index (χ0v) is 11.7. The summed E-state index contributed by atoms with van der Waals surface area (Å²) >= 11 is 0. The molecule has 7 heteroatoms. The molecule has 0 aliphatic heterocycles. The lowest BCUT2D eigenvalue weighted by Gasteiger charge is -2.13. The van der Waals surface area contributed by atoms with Gasteiger partial charge in [-0.15, -0.1) is 5.10 Å². The summed E-state index contributed by atoms with van der Waals surface area (Å²) < 4.78 is 5.11. The van der Waals surface area contributed by atoms with Crippen LogP contribution in [0.5, 0.6) is 6.01 Å². The molecule has 2 aromatic rings. The zero-order chi connectivity index (χ0) is 14.5. The number of ether oxygens (including phenoxy) is 1. The van der Waals surface area contributed by atoms with Gasteiger partial charge in [0, 0.05) is 25.3 Å². The number of nitrogens with zero attached hydrogens (tertiary/aromatic N) is 3. The number of aromatic amines is 1. The van der Waals surface area contributed by atoms with E-state index >= 15 is 0 Å². The van der Waals surface area contributed by atoms with Crippen LogP contribution in [-0.4, -0.2) is 41.8 Å². The Hall–Kier alpha value is -2.57. The quantitative estimate of drug-likeness (QED) is 0.864. The average Bonchev–Trinajstić information content (AvgIpc) is 2.86. The number of aromatic nitrogens is 3. The van der Waals surface area contributed by atoms with Crippen LogP contribution in [-0.2, 0) is 0 Å². The monoisotopic (exact) mass is 275 g/mol. The standard InChI is InChI=1S/C13H17N5O2/c1-4-20-13-15-12(16-17-13)14-11(19)9-6-5-7-10(8-9)18(2)3/h5-8H,4H2,1-3H3,(H2,14,15,16,17,19). The number of benzene rings is 1. The predicted molar refractivity (Wildman–Crippen MR) is 76.3 cm³/mol. The molecule has 2 rings (SSSR count). The first-order valence-corrected chi connectivity index (χ1v) is 6.24. The third-order valence-electron chi connectivity index (χ3n) is 2.60. The first-order chi connectivity index (χ1) is 9.60. The van der Waals surface area contributed by atoms with Crippen LogP contribution in [0.15, 0.2) is 24.3 Å². The van der Waals surface area contributed by atoms with Crippen LogP contribution in [0, 0.1) is 0 Å². The fourth-order valence-corrected chi connectivity index (χ4v) is 1.60. The van der Waals surface area contributed by atoms with Gasteiger partial charge >= 0.3 is 6.01 Å². The maximum atomic E-state index is 12.1. The van der Waals surface area contributed by atoms with Gasteiger partial charge in [0.05, 0.1) is 6.61 Å². The molecule has 0 radical (unpaired) electrons. The Morgan fingerprint density at radius 2 is 2.25 bits per heavy atom. The molecule has 106 valence electrons. The molecule has 1 aromatic carbocycles. The molecule has 0 aliphatic rings. The van der Waals surface area contributed by atoms with Crippen LogP contribution < -0.4 is 15.0 Å². The highest BCUT2D eigenvalue weighted by Gasteiger charge is 2.10. The Morgan fingerprint density at radius 1 is 1.45 bits per heavy atom. The van der Waals surface area contributed by atoms with Crippen molar-refractivity contribution in [1.29, 1.82) is 0 Å². The van der Waals surface area contributed by atoms with E-state index in [9.17, 15) is 4.79 Å². The highest BCUT2D eigenvalue weighted by Crippen LogP contribution is 2.14. The molecular formula is C13H17N5O2. The normalized spacial score (nSPS) is 10.2. The van der Waals surface area contributed by atoms with Crippen LogP contribution in [0.4, 0.5) is 11.6 Å². The second kappa shape index (κ2) is 6.05. The molecule has 20 heavy (non-hydrogen) atoms. The van der Waals surface area contributed by atoms with Gasteiger partial charge in [0.1, 0.15) is 0 Å². The minimum atomic E-state index is -0.257. The van der Waals surface area contributed by atoms with Crippen molar-refractivity contribution in [3.63, 3.8) is 0 Å². The summed E-state index contributed by atoms with van der Waals surface area (Å²) in [5.74, 6) is 0.00149. The van der Waals surface area contributed by atoms with Crippen molar-refractivity contribution in [2.45, 2.75) is 6.92 Å². The predicted octanol–water partition coefficient (Wildman–Crippen LogP) is 1.52. The van der Waals surface area contributed by atoms with Crippen molar-refractivity contribution in [2.75, 3.05) is 30.9 Å². The summed E-state index contributed by atoms with van der Waals surface area (Å²) in [7, 11) is 3.84. The molecule has 0 unspecified atom stereocenters. The molecule has 0 aliphatic carbocycles. The number of carbonyl (C=O) groups is 1. The SMILES string of the molecule is CCOc1n[nH]c(NC(=O)c2cccc(N(C)C)c2)n1. The third kappa shape index (κ3) is 3.25. The fraction of sp³-hybridized carbons (Fsp3) is 0.308. The summed E-state index contributed by atoms with van der Waals surface area (Å²) in [4.78, 5) is 18.0. The number of nitrogens with one attached hydrogen (secondary N) is 2. The number of hydrogen-bond acceptors (Lipinski definition) is 5. The number of carbonyl (C=O) groups excluding carboxylic acids is 1. The van der Waals surface area contributed by atoms with E-state index < -0.39 is 0 Å². The minimum Gasteiger partial charge on any atom is -0.463 e. The van der Waals surface area contributed by atoms with Crippen molar-refractivity contribution >= 4 is 17.5 Å². The lowest BCUT2D eigenvalue weighted by atomic mass is 10.2. The molecule has 0 atom stereocenters. The molecule has 1 amide bonds. The number of hydrogen-bond donors (Lipinski definition) is 2. The van der Waals surface area contributed by atoms with E-state index in [1.165, 1.54) is 0 Å². The molecule has 0 saturated carbocycles. The van der Waals surface area contributed by atoms with Crippen molar-refractivity contribution < 1.29 is 9.53 Å². The number of amides is 1. The van der Waals surface area contributed by atoms with E-state index in [2.05, 4.69) is 20.5 Å². The van der Waals surface area contributed by atoms with E-state index in [-0.39, 0.29) is 17.9 Å². The van der Waals surface area contributed by atoms with Crippen molar-refractivity contribution in [2.24, 2.45) is 0 Å². The Morgan fingerprint density at radius 3 is 2.95 bits per heavy atom. The van der Waals surface area contributed by atoms with Crippen LogP contribution in [0.25, 0.3) is 0 Å². The molecular weight excluding hydrogens is 258 g/mol. The van der Waals surface area contributed by atoms with Gasteiger partial charge in [-0.1, -0.05) is 6.07 Å². The van der Waals surface area contributed by atoms with Gasteiger partial charge in [0.15, 0.2) is 0 Å². The Bertz CT molecular complexity index is 594. The first kappa shape index (κ1) is 13.9. The van der Waals surface area contributed by atoms with Gasteiger partial charge in [-0.2, -0.15) is 4.98 Å². The number of anilines is 2. The van der Waals surface area contributed by atoms with E-state index in [0.717, 1.165) is 5.69 Å². The third-order valence-corrected chi connectivity index (χ3v) is 2.60. The van der Waals surface area contributed by atoms with Gasteiger partial charge in [0.2, 0.25) is 5.95 Å². The average molecular weight is 275 g/mol. The summed E-state index contributed by atoms with van der Waals surface area (Å²) in [6.07, 6.45) is 0. The second-order valence-electron chi connectivity index (χ2n) is 4.30. The molecule has 2 N–H and O–H groups in total. The summed E-state index contributed by atoms with van der Waals surface area (Å²) in [5.41, 5.74) is 1.50. The van der Waals surface area contributed by atoms with Crippen molar-refractivity contribution in [1.82, 2.24) is 15.2 Å². The van der Waals surface area contributed by atoms with Crippen LogP contribution in [0.1, 0.15) is 17.3 Å². The Balaban J connectivity index is 2.09. The van der Waals surface area contributed by atoms with Crippen LogP contribution >= 0.6 is 0 Å². The highest BCUT2D eigenvalue weighted by atomic mass is 16.5. The number of H-pyrrole nitrogens is 1. The maximum absolute atomic E-state index is 12.1. The van der Waals surface area contributed by atoms with E-state index in [1.807, 2.05) is 38.1 Å². The van der Waals surface area contributed by atoms with Gasteiger partial charge in [0.25, 0.3) is 5.91 Å². The molecule has 1 heterocycles. The van der Waals surface area contributed by atoms with Gasteiger partial charge in [-0.05, 0) is 25.1 Å². The van der Waals surface area contributed by atoms with Gasteiger partial charge in [-0.3, -0.25) is 10.1 Å². The highest BCUT2D eigenvalue weighted by molar-refractivity contribution is 6.03. The first-order valence-electron chi connectivity index (χ1n) is 6.24. The van der Waals surface area contributed by atoms with E-state index in [0.29, 0.717) is 12.2 Å². The molecule has 0 saturated heterocycles. The smallest absolute Gasteiger partial charge is 0.337 e. The molecule has 0 spiro atoms. The lowest BCUT2D eigenvalue weighted by molar-refractivity contribution is 0.102. The van der Waals surface area contributed by atoms with Gasteiger partial charge < -0.3 is 9.64 Å². The van der Waals surface area contributed by atoms with Crippen molar-refractivity contribution in [3.05, 3.63) is 29.8 Å². The maximum Gasteiger partial charge on any atom is 0.337 e. The zero-order valence-electron chi connectivity index (χ0n) is 11.7. The second-order valence-corrected chi connectivity index (χ2v) is 4.30.